The van der Waals surface area contributed by atoms with Crippen LogP contribution in [0.1, 0.15) is 25.3 Å². The average Bonchev–Trinajstić information content (AvgIpc) is 3.48. The van der Waals surface area contributed by atoms with Crippen LogP contribution in [0.15, 0.2) is 30.7 Å². The molecule has 2 N–H and O–H groups in total. The van der Waals surface area contributed by atoms with Gasteiger partial charge in [-0.05, 0) is 31.4 Å². The summed E-state index contributed by atoms with van der Waals surface area (Å²) in [6.45, 7) is 2.95. The van der Waals surface area contributed by atoms with E-state index in [1.807, 2.05) is 34.1 Å². The van der Waals surface area contributed by atoms with E-state index in [4.69, 9.17) is 21.7 Å². The molecule has 2 unspecified atom stereocenters. The van der Waals surface area contributed by atoms with Crippen LogP contribution >= 0.6 is 11.6 Å². The van der Waals surface area contributed by atoms with Crippen LogP contribution in [0.5, 0.6) is 0 Å². The number of rotatable bonds is 6. The highest BCUT2D eigenvalue weighted by atomic mass is 35.5. The number of aliphatic hydroxyl groups excluding tert-OH is 2. The molecule has 10 heteroatoms. The molecule has 0 spiro atoms. The number of likely N-dealkylation sites (tertiary alicyclic amines) is 1. The molecule has 3 aromatic heterocycles. The molecule has 0 aliphatic carbocycles. The molecule has 2 aliphatic rings. The van der Waals surface area contributed by atoms with E-state index in [-0.39, 0.29) is 12.6 Å². The van der Waals surface area contributed by atoms with Crippen LogP contribution in [0.3, 0.4) is 0 Å². The number of aliphatic hydroxyl groups is 2. The minimum absolute atomic E-state index is 0.217. The van der Waals surface area contributed by atoms with Gasteiger partial charge in [-0.1, -0.05) is 11.6 Å². The van der Waals surface area contributed by atoms with Gasteiger partial charge in [0.25, 0.3) is 0 Å². The van der Waals surface area contributed by atoms with Crippen molar-refractivity contribution in [3.63, 3.8) is 0 Å². The first-order chi connectivity index (χ1) is 16.0. The third kappa shape index (κ3) is 4.68. The molecule has 0 aromatic carbocycles. The van der Waals surface area contributed by atoms with Crippen LogP contribution < -0.4 is 4.90 Å². The van der Waals surface area contributed by atoms with E-state index in [9.17, 15) is 9.50 Å². The number of halogens is 2. The second-order valence-electron chi connectivity index (χ2n) is 8.93. The second kappa shape index (κ2) is 9.50. The van der Waals surface area contributed by atoms with Crippen molar-refractivity contribution in [3.8, 4) is 11.1 Å². The lowest BCUT2D eigenvalue weighted by Crippen LogP contribution is -2.40. The summed E-state index contributed by atoms with van der Waals surface area (Å²) in [5.41, 5.74) is 3.08. The average molecular weight is 475 g/mol. The standard InChI is InChI=1S/C23H28ClFN6O2/c24-19-10-26-20-1-2-21(30-8-3-16(25)12-30)28-23(20)22(19)15-9-27-31(11-15)17-4-6-29(7-5-17)13-18(33)14-32/h1-2,9-11,16-18,32-33H,3-8,12-14H2. The zero-order valence-electron chi connectivity index (χ0n) is 18.3. The van der Waals surface area contributed by atoms with Gasteiger partial charge in [-0.25, -0.2) is 9.37 Å². The molecule has 8 nitrogen and oxygen atoms in total. The first kappa shape index (κ1) is 22.5. The summed E-state index contributed by atoms with van der Waals surface area (Å²) in [6, 6.07) is 4.04. The maximum absolute atomic E-state index is 13.7. The summed E-state index contributed by atoms with van der Waals surface area (Å²) < 4.78 is 15.7. The van der Waals surface area contributed by atoms with Gasteiger partial charge in [-0.3, -0.25) is 9.67 Å². The van der Waals surface area contributed by atoms with Crippen LogP contribution in [0.4, 0.5) is 10.2 Å². The molecule has 5 heterocycles. The zero-order valence-corrected chi connectivity index (χ0v) is 19.1. The van der Waals surface area contributed by atoms with Crippen LogP contribution in [0.25, 0.3) is 22.2 Å². The van der Waals surface area contributed by atoms with Gasteiger partial charge in [0, 0.05) is 49.7 Å². The molecule has 3 aromatic rings. The SMILES string of the molecule is OCC(O)CN1CCC(n2cc(-c3c(Cl)cnc4ccc(N5CCC(F)C5)nc34)cn2)CC1. The van der Waals surface area contributed by atoms with E-state index in [1.165, 1.54) is 0 Å². The zero-order chi connectivity index (χ0) is 22.9. The molecule has 2 saturated heterocycles. The maximum atomic E-state index is 13.7. The number of anilines is 1. The molecule has 0 amide bonds. The van der Waals surface area contributed by atoms with Gasteiger partial charge in [0.15, 0.2) is 0 Å². The van der Waals surface area contributed by atoms with Crippen molar-refractivity contribution in [3.05, 3.63) is 35.7 Å². The molecule has 33 heavy (non-hydrogen) atoms. The Morgan fingerprint density at radius 2 is 1.97 bits per heavy atom. The van der Waals surface area contributed by atoms with E-state index in [0.29, 0.717) is 36.6 Å². The molecular weight excluding hydrogens is 447 g/mol. The van der Waals surface area contributed by atoms with E-state index >= 15 is 0 Å². The Hall–Kier alpha value is -2.33. The minimum atomic E-state index is -0.823. The second-order valence-corrected chi connectivity index (χ2v) is 9.33. The van der Waals surface area contributed by atoms with Crippen molar-refractivity contribution in [2.75, 3.05) is 44.2 Å². The van der Waals surface area contributed by atoms with Crippen molar-refractivity contribution in [2.24, 2.45) is 0 Å². The van der Waals surface area contributed by atoms with Crippen molar-refractivity contribution >= 4 is 28.5 Å². The number of pyridine rings is 2. The van der Waals surface area contributed by atoms with Crippen molar-refractivity contribution in [2.45, 2.75) is 37.6 Å². The van der Waals surface area contributed by atoms with E-state index in [1.54, 1.807) is 6.20 Å². The first-order valence-corrected chi connectivity index (χ1v) is 11.8. The van der Waals surface area contributed by atoms with E-state index in [0.717, 1.165) is 48.4 Å². The van der Waals surface area contributed by atoms with Crippen molar-refractivity contribution in [1.29, 1.82) is 0 Å². The molecular formula is C23H28ClFN6O2. The van der Waals surface area contributed by atoms with Gasteiger partial charge in [0.05, 0.1) is 42.0 Å². The summed E-state index contributed by atoms with van der Waals surface area (Å²) in [4.78, 5) is 13.4. The first-order valence-electron chi connectivity index (χ1n) is 11.4. The Morgan fingerprint density at radius 1 is 1.15 bits per heavy atom. The van der Waals surface area contributed by atoms with Crippen molar-refractivity contribution < 1.29 is 14.6 Å². The lowest BCUT2D eigenvalue weighted by atomic mass is 10.0. The Labute approximate surface area is 196 Å². The van der Waals surface area contributed by atoms with Crippen molar-refractivity contribution in [1.82, 2.24) is 24.6 Å². The van der Waals surface area contributed by atoms with Crippen LogP contribution in [-0.4, -0.2) is 86.5 Å². The summed E-state index contributed by atoms with van der Waals surface area (Å²) in [6.07, 6.45) is 6.26. The summed E-state index contributed by atoms with van der Waals surface area (Å²) in [5.74, 6) is 0.734. The molecule has 2 aliphatic heterocycles. The van der Waals surface area contributed by atoms with Gasteiger partial charge in [-0.2, -0.15) is 5.10 Å². The number of fused-ring (bicyclic) bond motifs is 1. The third-order valence-electron chi connectivity index (χ3n) is 6.61. The Morgan fingerprint density at radius 3 is 2.70 bits per heavy atom. The molecule has 0 saturated carbocycles. The topological polar surface area (TPSA) is 90.5 Å². The molecule has 0 radical (unpaired) electrons. The Balaban J connectivity index is 1.39. The van der Waals surface area contributed by atoms with Gasteiger partial charge in [-0.15, -0.1) is 0 Å². The molecule has 2 fully saturated rings. The lowest BCUT2D eigenvalue weighted by molar-refractivity contribution is 0.0474. The maximum Gasteiger partial charge on any atom is 0.129 e. The van der Waals surface area contributed by atoms with Gasteiger partial charge in [0.1, 0.15) is 17.5 Å². The monoisotopic (exact) mass is 474 g/mol. The fourth-order valence-corrected chi connectivity index (χ4v) is 5.05. The van der Waals surface area contributed by atoms with Crippen LogP contribution in [-0.2, 0) is 0 Å². The number of alkyl halides is 1. The largest absolute Gasteiger partial charge is 0.394 e. The third-order valence-corrected chi connectivity index (χ3v) is 6.89. The van der Waals surface area contributed by atoms with E-state index < -0.39 is 12.3 Å². The fraction of sp³-hybridized carbons (Fsp3) is 0.522. The summed E-state index contributed by atoms with van der Waals surface area (Å²) in [5, 5.41) is 23.9. The smallest absolute Gasteiger partial charge is 0.129 e. The van der Waals surface area contributed by atoms with Crippen LogP contribution in [0.2, 0.25) is 5.02 Å². The number of hydrogen-bond donors (Lipinski definition) is 2. The quantitative estimate of drug-likeness (QED) is 0.567. The summed E-state index contributed by atoms with van der Waals surface area (Å²) >= 11 is 6.59. The predicted molar refractivity (Wildman–Crippen MR) is 125 cm³/mol. The lowest BCUT2D eigenvalue weighted by Gasteiger charge is -2.32. The predicted octanol–water partition coefficient (Wildman–Crippen LogP) is 2.69. The normalized spacial score (nSPS) is 21.2. The Bertz CT molecular complexity index is 1120. The van der Waals surface area contributed by atoms with Gasteiger partial charge in [0.2, 0.25) is 0 Å². The highest BCUT2D eigenvalue weighted by Gasteiger charge is 2.25. The highest BCUT2D eigenvalue weighted by Crippen LogP contribution is 2.35. The number of β-amino-alcohol motifs (C(OH)–C–C–N with tert-alkyl or cyclic N) is 1. The number of hydrogen-bond acceptors (Lipinski definition) is 7. The molecule has 0 bridgehead atoms. The van der Waals surface area contributed by atoms with Crippen LogP contribution in [0, 0.1) is 0 Å². The number of piperidine rings is 1. The number of aromatic nitrogens is 4. The van der Waals surface area contributed by atoms with Gasteiger partial charge < -0.3 is 20.0 Å². The molecule has 2 atom stereocenters. The highest BCUT2D eigenvalue weighted by molar-refractivity contribution is 6.34. The Kier molecular flexibility index (Phi) is 6.47. The number of nitrogens with zero attached hydrogens (tertiary/aromatic N) is 6. The van der Waals surface area contributed by atoms with E-state index in [2.05, 4.69) is 15.0 Å². The summed E-state index contributed by atoms with van der Waals surface area (Å²) in [7, 11) is 0. The molecule has 5 rings (SSSR count). The fourth-order valence-electron chi connectivity index (χ4n) is 4.80. The molecule has 176 valence electrons. The van der Waals surface area contributed by atoms with Gasteiger partial charge >= 0.3 is 0 Å². The minimum Gasteiger partial charge on any atom is -0.394 e.